The van der Waals surface area contributed by atoms with Crippen LogP contribution < -0.4 is 10.9 Å². The van der Waals surface area contributed by atoms with Crippen LogP contribution in [0.25, 0.3) is 16.3 Å². The van der Waals surface area contributed by atoms with Crippen LogP contribution in [0.5, 0.6) is 0 Å². The summed E-state index contributed by atoms with van der Waals surface area (Å²) in [6, 6.07) is 17.2. The Kier molecular flexibility index (Phi) is 5.90. The molecule has 6 nitrogen and oxygen atoms in total. The number of aromatic nitrogens is 3. The number of aromatic amines is 1. The highest BCUT2D eigenvalue weighted by molar-refractivity contribution is 7.13. The van der Waals surface area contributed by atoms with Gasteiger partial charge in [-0.25, -0.2) is 4.68 Å². The lowest BCUT2D eigenvalue weighted by atomic mass is 10.1. The van der Waals surface area contributed by atoms with Crippen LogP contribution in [0.3, 0.4) is 0 Å². The van der Waals surface area contributed by atoms with Crippen LogP contribution in [0, 0.1) is 6.92 Å². The highest BCUT2D eigenvalue weighted by Crippen LogP contribution is 2.21. The lowest BCUT2D eigenvalue weighted by Gasteiger charge is -2.05. The fraction of sp³-hybridized carbons (Fsp3) is 0.174. The molecule has 1 aromatic carbocycles. The average molecular weight is 419 g/mol. The molecule has 0 aliphatic carbocycles. The van der Waals surface area contributed by atoms with Crippen LogP contribution in [0.1, 0.15) is 28.0 Å². The van der Waals surface area contributed by atoms with Gasteiger partial charge in [-0.15, -0.1) is 11.3 Å². The highest BCUT2D eigenvalue weighted by Gasteiger charge is 2.12. The Hall–Kier alpha value is -3.45. The van der Waals surface area contributed by atoms with E-state index in [1.165, 1.54) is 11.3 Å². The molecule has 30 heavy (non-hydrogen) atoms. The lowest BCUT2D eigenvalue weighted by Crippen LogP contribution is -2.30. The smallest absolute Gasteiger partial charge is 0.261 e. The third kappa shape index (κ3) is 4.41. The third-order valence-corrected chi connectivity index (χ3v) is 5.77. The molecule has 0 saturated heterocycles. The van der Waals surface area contributed by atoms with E-state index in [0.29, 0.717) is 6.54 Å². The van der Waals surface area contributed by atoms with Crippen molar-refractivity contribution in [2.24, 2.45) is 0 Å². The number of nitrogens with one attached hydrogen (secondary N) is 2. The van der Waals surface area contributed by atoms with Gasteiger partial charge in [0.25, 0.3) is 11.5 Å². The van der Waals surface area contributed by atoms with Crippen molar-refractivity contribution in [3.05, 3.63) is 93.3 Å². The maximum absolute atomic E-state index is 12.4. The van der Waals surface area contributed by atoms with Crippen LogP contribution in [0.4, 0.5) is 0 Å². The Morgan fingerprint density at radius 2 is 1.97 bits per heavy atom. The first-order valence-electron chi connectivity index (χ1n) is 9.78. The number of para-hydroxylation sites is 1. The predicted molar refractivity (Wildman–Crippen MR) is 119 cm³/mol. The van der Waals surface area contributed by atoms with E-state index in [1.54, 1.807) is 12.1 Å². The van der Waals surface area contributed by atoms with Gasteiger partial charge in [-0.1, -0.05) is 24.3 Å². The number of pyridine rings is 1. The van der Waals surface area contributed by atoms with Crippen molar-refractivity contribution in [1.82, 2.24) is 20.1 Å². The lowest BCUT2D eigenvalue weighted by molar-refractivity contribution is 0.0951. The van der Waals surface area contributed by atoms with Crippen LogP contribution >= 0.6 is 11.3 Å². The van der Waals surface area contributed by atoms with Gasteiger partial charge in [0.1, 0.15) is 5.56 Å². The van der Waals surface area contributed by atoms with E-state index in [9.17, 15) is 9.59 Å². The van der Waals surface area contributed by atoms with Gasteiger partial charge in [0, 0.05) is 12.7 Å². The van der Waals surface area contributed by atoms with Gasteiger partial charge in [-0.2, -0.15) is 5.10 Å². The molecule has 3 heterocycles. The fourth-order valence-electron chi connectivity index (χ4n) is 3.26. The molecule has 0 bridgehead atoms. The Bertz CT molecular complexity index is 1190. The average Bonchev–Trinajstić information content (AvgIpc) is 3.42. The third-order valence-electron chi connectivity index (χ3n) is 4.87. The molecule has 0 spiro atoms. The molecule has 152 valence electrons. The maximum atomic E-state index is 12.4. The van der Waals surface area contributed by atoms with Crippen LogP contribution in [-0.4, -0.2) is 27.2 Å². The minimum absolute atomic E-state index is 0.128. The van der Waals surface area contributed by atoms with E-state index >= 15 is 0 Å². The second kappa shape index (κ2) is 8.92. The highest BCUT2D eigenvalue weighted by atomic mass is 32.1. The predicted octanol–water partition coefficient (Wildman–Crippen LogP) is 3.96. The Labute approximate surface area is 178 Å². The van der Waals surface area contributed by atoms with Crippen molar-refractivity contribution < 1.29 is 4.79 Å². The number of thiophene rings is 1. The maximum Gasteiger partial charge on any atom is 0.261 e. The molecule has 0 radical (unpaired) electrons. The molecule has 0 aliphatic heterocycles. The second-order valence-electron chi connectivity index (χ2n) is 6.97. The van der Waals surface area contributed by atoms with E-state index in [2.05, 4.69) is 15.4 Å². The zero-order chi connectivity index (χ0) is 20.9. The largest absolute Gasteiger partial charge is 0.352 e. The number of aryl methyl sites for hydroxylation is 2. The van der Waals surface area contributed by atoms with Crippen molar-refractivity contribution in [2.45, 2.75) is 19.8 Å². The van der Waals surface area contributed by atoms with Gasteiger partial charge in [-0.05, 0) is 61.0 Å². The molecular weight excluding hydrogens is 396 g/mol. The van der Waals surface area contributed by atoms with E-state index in [0.717, 1.165) is 40.4 Å². The summed E-state index contributed by atoms with van der Waals surface area (Å²) in [5, 5.41) is 9.35. The summed E-state index contributed by atoms with van der Waals surface area (Å²) in [7, 11) is 0. The number of carbonyl (C=O) groups excluding carboxylic acids is 1. The van der Waals surface area contributed by atoms with E-state index in [-0.39, 0.29) is 17.0 Å². The number of hydrogen-bond donors (Lipinski definition) is 2. The number of carbonyl (C=O) groups is 1. The van der Waals surface area contributed by atoms with E-state index in [1.807, 2.05) is 65.6 Å². The summed E-state index contributed by atoms with van der Waals surface area (Å²) in [5.41, 5.74) is 3.61. The number of nitrogens with zero attached hydrogens (tertiary/aromatic N) is 2. The monoisotopic (exact) mass is 418 g/mol. The zero-order valence-corrected chi connectivity index (χ0v) is 17.4. The summed E-state index contributed by atoms with van der Waals surface area (Å²) >= 11 is 1.54. The standard InChI is InChI=1S/C23H22N4O2S/c1-16-17(15-27(26-16)18-8-3-2-4-9-18)7-5-13-24-22(28)19-11-12-20(25-23(19)29)21-10-6-14-30-21/h2-4,6,8-12,14-15H,5,7,13H2,1H3,(H,24,28)(H,25,29). The SMILES string of the molecule is Cc1nn(-c2ccccc2)cc1CCCNC(=O)c1ccc(-c2cccs2)[nH]c1=O. The summed E-state index contributed by atoms with van der Waals surface area (Å²) < 4.78 is 1.87. The van der Waals surface area contributed by atoms with Gasteiger partial charge in [-0.3, -0.25) is 9.59 Å². The summed E-state index contributed by atoms with van der Waals surface area (Å²) in [5.74, 6) is -0.356. The number of hydrogen-bond acceptors (Lipinski definition) is 4. The van der Waals surface area contributed by atoms with Gasteiger partial charge in [0.2, 0.25) is 0 Å². The fourth-order valence-corrected chi connectivity index (χ4v) is 3.97. The number of amides is 1. The summed E-state index contributed by atoms with van der Waals surface area (Å²) in [6.07, 6.45) is 3.59. The summed E-state index contributed by atoms with van der Waals surface area (Å²) in [6.45, 7) is 2.48. The van der Waals surface area contributed by atoms with Crippen molar-refractivity contribution in [1.29, 1.82) is 0 Å². The van der Waals surface area contributed by atoms with Crippen LogP contribution in [0.15, 0.2) is 71.0 Å². The molecule has 2 N–H and O–H groups in total. The van der Waals surface area contributed by atoms with Crippen molar-refractivity contribution >= 4 is 17.2 Å². The Balaban J connectivity index is 1.32. The molecular formula is C23H22N4O2S. The van der Waals surface area contributed by atoms with Gasteiger partial charge < -0.3 is 10.3 Å². The molecule has 1 amide bonds. The quantitative estimate of drug-likeness (QED) is 0.446. The van der Waals surface area contributed by atoms with Gasteiger partial charge >= 0.3 is 0 Å². The molecule has 0 aliphatic rings. The first kappa shape index (κ1) is 19.8. The van der Waals surface area contributed by atoms with E-state index in [4.69, 9.17) is 0 Å². The first-order valence-corrected chi connectivity index (χ1v) is 10.7. The minimum atomic E-state index is -0.376. The molecule has 0 unspecified atom stereocenters. The van der Waals surface area contributed by atoms with Crippen molar-refractivity contribution in [2.75, 3.05) is 6.54 Å². The van der Waals surface area contributed by atoms with Crippen molar-refractivity contribution in [3.8, 4) is 16.3 Å². The van der Waals surface area contributed by atoms with Crippen LogP contribution in [-0.2, 0) is 6.42 Å². The normalized spacial score (nSPS) is 10.8. The molecule has 0 saturated carbocycles. The topological polar surface area (TPSA) is 79.8 Å². The number of rotatable bonds is 7. The van der Waals surface area contributed by atoms with Gasteiger partial charge in [0.05, 0.1) is 22.0 Å². The van der Waals surface area contributed by atoms with E-state index < -0.39 is 0 Å². The number of benzene rings is 1. The van der Waals surface area contributed by atoms with Crippen molar-refractivity contribution in [3.63, 3.8) is 0 Å². The van der Waals surface area contributed by atoms with Crippen LogP contribution in [0.2, 0.25) is 0 Å². The molecule has 4 rings (SSSR count). The molecule has 0 fully saturated rings. The molecule has 0 atom stereocenters. The Morgan fingerprint density at radius 1 is 1.13 bits per heavy atom. The number of H-pyrrole nitrogens is 1. The molecule has 4 aromatic rings. The minimum Gasteiger partial charge on any atom is -0.352 e. The Morgan fingerprint density at radius 3 is 2.70 bits per heavy atom. The van der Waals surface area contributed by atoms with Gasteiger partial charge in [0.15, 0.2) is 0 Å². The molecule has 3 aromatic heterocycles. The summed E-state index contributed by atoms with van der Waals surface area (Å²) in [4.78, 5) is 28.4. The first-order chi connectivity index (χ1) is 14.6. The zero-order valence-electron chi connectivity index (χ0n) is 16.6. The second-order valence-corrected chi connectivity index (χ2v) is 7.92. The molecule has 7 heteroatoms.